The Morgan fingerprint density at radius 2 is 1.38 bits per heavy atom. The largest absolute Gasteiger partial charge is 0.735 e. The molecule has 4 aromatic heterocycles. The van der Waals surface area contributed by atoms with Gasteiger partial charge in [-0.2, -0.15) is 0 Å². The van der Waals surface area contributed by atoms with Crippen molar-refractivity contribution in [2.24, 2.45) is 0 Å². The van der Waals surface area contributed by atoms with E-state index in [9.17, 15) is 18.9 Å². The molecule has 2 aromatic carbocycles. The van der Waals surface area contributed by atoms with E-state index in [0.29, 0.717) is 47.8 Å². The van der Waals surface area contributed by atoms with Gasteiger partial charge in [0.2, 0.25) is 0 Å². The van der Waals surface area contributed by atoms with E-state index in [1.165, 1.54) is 6.07 Å². The summed E-state index contributed by atoms with van der Waals surface area (Å²) >= 11 is 2.08. The predicted molar refractivity (Wildman–Crippen MR) is 176 cm³/mol. The van der Waals surface area contributed by atoms with E-state index in [2.05, 4.69) is 37.2 Å². The first-order valence-corrected chi connectivity index (χ1v) is 16.7. The summed E-state index contributed by atoms with van der Waals surface area (Å²) in [5.41, 5.74) is 4.33. The smallest absolute Gasteiger partial charge is 0.404 e. The summed E-state index contributed by atoms with van der Waals surface area (Å²) in [6, 6.07) is 26.4. The number of phosphoric acid groups is 1. The molecule has 6 aromatic rings. The Bertz CT molecular complexity index is 2230. The van der Waals surface area contributed by atoms with Crippen LogP contribution in [-0.2, 0) is 13.8 Å². The minimum absolute atomic E-state index is 0.0138. The molecule has 0 radical (unpaired) electrons. The van der Waals surface area contributed by atoms with Crippen LogP contribution in [0, 0.1) is 3.70 Å². The number of halogens is 1. The summed E-state index contributed by atoms with van der Waals surface area (Å²) < 4.78 is 32.6. The standard InChI is InChI=1S/C30H19IN4O8P2/c31-30-29-21(8-4-15-33-29)25(41-43-44(36)37)11-2-1-10-23(35-30)18-6-3-7-19(16-18)24-13-12-20-17-26(42-45(38,39)40)22-9-5-14-32-28(22)27(20)34-24/h1-17H,(H2-,36,37,38,39,40)/p+1. The minimum Gasteiger partial charge on any atom is -0.404 e. The van der Waals surface area contributed by atoms with Gasteiger partial charge in [-0.05, 0) is 77.2 Å². The number of hydrogen-bond acceptors (Lipinski definition) is 9. The van der Waals surface area contributed by atoms with E-state index in [0.717, 1.165) is 11.1 Å². The highest BCUT2D eigenvalue weighted by atomic mass is 127. The van der Waals surface area contributed by atoms with Gasteiger partial charge in [-0.3, -0.25) is 24.6 Å². The zero-order valence-electron chi connectivity index (χ0n) is 22.8. The van der Waals surface area contributed by atoms with Crippen LogP contribution in [0.1, 0.15) is 0 Å². The van der Waals surface area contributed by atoms with Gasteiger partial charge < -0.3 is 4.52 Å². The maximum absolute atomic E-state index is 11.6. The van der Waals surface area contributed by atoms with Crippen LogP contribution < -0.4 is 9.41 Å². The second-order valence-electron chi connectivity index (χ2n) is 9.37. The predicted octanol–water partition coefficient (Wildman–Crippen LogP) is 7.22. The molecule has 3 N–H and O–H groups in total. The third-order valence-electron chi connectivity index (χ3n) is 6.47. The molecule has 45 heavy (non-hydrogen) atoms. The Balaban J connectivity index is 1.46. The molecule has 1 atom stereocenters. The summed E-state index contributed by atoms with van der Waals surface area (Å²) in [6.45, 7) is 0. The molecule has 0 aliphatic rings. The van der Waals surface area contributed by atoms with Gasteiger partial charge in [-0.25, -0.2) is 14.5 Å². The summed E-state index contributed by atoms with van der Waals surface area (Å²) in [7, 11) is -7.78. The minimum atomic E-state index is -4.80. The van der Waals surface area contributed by atoms with Crippen molar-refractivity contribution in [3.63, 3.8) is 0 Å². The molecule has 0 spiro atoms. The van der Waals surface area contributed by atoms with E-state index in [4.69, 9.17) is 24.3 Å². The molecule has 0 saturated carbocycles. The molecule has 4 heterocycles. The summed E-state index contributed by atoms with van der Waals surface area (Å²) in [5.74, 6) is 0.194. The number of phosphoric ester groups is 1. The second kappa shape index (κ2) is 13.0. The summed E-state index contributed by atoms with van der Waals surface area (Å²) in [6.07, 6.45) is 3.18. The number of benzene rings is 2. The zero-order valence-corrected chi connectivity index (χ0v) is 26.7. The first kappa shape index (κ1) is 30.8. The van der Waals surface area contributed by atoms with Crippen molar-refractivity contribution < 1.29 is 37.9 Å². The van der Waals surface area contributed by atoms with Crippen LogP contribution in [0.4, 0.5) is 0 Å². The number of pyridine rings is 3. The molecule has 0 saturated heterocycles. The SMILES string of the molecule is O=[P+](O)OOc1ccccc(-c2cccc(-c3ccc4cc(OP(=O)(O)O)c5cccnc5c4n3)c2)nc(I)c2ncccc12. The van der Waals surface area contributed by atoms with Crippen LogP contribution in [0.15, 0.2) is 103 Å². The highest BCUT2D eigenvalue weighted by molar-refractivity contribution is 14.1. The lowest BCUT2D eigenvalue weighted by Crippen LogP contribution is -1.95. The molecular formula is C30H20IN4O8P2+. The van der Waals surface area contributed by atoms with Gasteiger partial charge in [0, 0.05) is 44.2 Å². The van der Waals surface area contributed by atoms with E-state index in [1.54, 1.807) is 73.1 Å². The molecular weight excluding hydrogens is 733 g/mol. The molecule has 6 rings (SSSR count). The fourth-order valence-electron chi connectivity index (χ4n) is 4.64. The molecule has 224 valence electrons. The molecule has 0 amide bonds. The van der Waals surface area contributed by atoms with E-state index < -0.39 is 16.1 Å². The zero-order chi connectivity index (χ0) is 31.6. The molecule has 1 unspecified atom stereocenters. The van der Waals surface area contributed by atoms with Crippen LogP contribution in [0.25, 0.3) is 55.2 Å². The Labute approximate surface area is 269 Å². The van der Waals surface area contributed by atoms with Crippen LogP contribution in [-0.4, -0.2) is 34.6 Å². The number of fused-ring (bicyclic) bond motifs is 4. The number of hydrogen-bond donors (Lipinski definition) is 3. The van der Waals surface area contributed by atoms with Crippen LogP contribution >= 0.6 is 38.7 Å². The lowest BCUT2D eigenvalue weighted by atomic mass is 10.0. The average molecular weight is 753 g/mol. The maximum atomic E-state index is 11.6. The van der Waals surface area contributed by atoms with Crippen molar-refractivity contribution in [1.29, 1.82) is 0 Å². The van der Waals surface area contributed by atoms with Crippen LogP contribution in [0.3, 0.4) is 0 Å². The molecule has 0 fully saturated rings. The highest BCUT2D eigenvalue weighted by Crippen LogP contribution is 2.42. The van der Waals surface area contributed by atoms with Gasteiger partial charge in [0.15, 0.2) is 5.75 Å². The Kier molecular flexibility index (Phi) is 8.92. The lowest BCUT2D eigenvalue weighted by molar-refractivity contribution is -0.0998. The fourth-order valence-corrected chi connectivity index (χ4v) is 5.88. The Morgan fingerprint density at radius 3 is 2.09 bits per heavy atom. The van der Waals surface area contributed by atoms with Crippen LogP contribution in [0.5, 0.6) is 11.5 Å². The molecule has 0 bridgehead atoms. The van der Waals surface area contributed by atoms with Crippen molar-refractivity contribution in [2.45, 2.75) is 0 Å². The normalized spacial score (nSPS) is 11.8. The number of aromatic nitrogens is 4. The summed E-state index contributed by atoms with van der Waals surface area (Å²) in [5, 5.41) is 1.53. The van der Waals surface area contributed by atoms with Gasteiger partial charge >= 0.3 is 16.1 Å². The van der Waals surface area contributed by atoms with E-state index in [-0.39, 0.29) is 11.5 Å². The number of rotatable bonds is 7. The third-order valence-corrected chi connectivity index (χ3v) is 7.86. The van der Waals surface area contributed by atoms with Crippen molar-refractivity contribution in [3.05, 3.63) is 107 Å². The maximum Gasteiger partial charge on any atom is 0.735 e. The fraction of sp³-hybridized carbons (Fsp3) is 0. The van der Waals surface area contributed by atoms with Gasteiger partial charge in [0.25, 0.3) is 0 Å². The van der Waals surface area contributed by atoms with Gasteiger partial charge in [0.05, 0.1) is 16.9 Å². The van der Waals surface area contributed by atoms with Crippen molar-refractivity contribution in [2.75, 3.05) is 0 Å². The van der Waals surface area contributed by atoms with E-state index in [1.807, 2.05) is 24.3 Å². The molecule has 0 aliphatic carbocycles. The van der Waals surface area contributed by atoms with Gasteiger partial charge in [0.1, 0.15) is 25.2 Å². The first-order valence-electron chi connectivity index (χ1n) is 13.0. The van der Waals surface area contributed by atoms with Crippen molar-refractivity contribution >= 4 is 71.4 Å². The lowest BCUT2D eigenvalue weighted by Gasteiger charge is -2.12. The van der Waals surface area contributed by atoms with E-state index >= 15 is 0 Å². The summed E-state index contributed by atoms with van der Waals surface area (Å²) in [4.78, 5) is 51.6. The highest BCUT2D eigenvalue weighted by Gasteiger charge is 2.20. The Morgan fingerprint density at radius 1 is 0.711 bits per heavy atom. The Hall–Kier alpha value is -4.20. The topological polar surface area (TPSA) is 174 Å². The van der Waals surface area contributed by atoms with Crippen LogP contribution in [0.2, 0.25) is 0 Å². The molecule has 12 nitrogen and oxygen atoms in total. The van der Waals surface area contributed by atoms with Gasteiger partial charge in [-0.15, -0.1) is 4.89 Å². The molecule has 15 heteroatoms. The molecule has 0 aliphatic heterocycles. The van der Waals surface area contributed by atoms with Crippen molar-refractivity contribution in [3.8, 4) is 34.0 Å². The number of nitrogens with zero attached hydrogens (tertiary/aromatic N) is 4. The second-order valence-corrected chi connectivity index (χ2v) is 12.2. The third kappa shape index (κ3) is 7.05. The quantitative estimate of drug-likeness (QED) is 0.0492. The first-order chi connectivity index (χ1) is 21.7. The average Bonchev–Trinajstić information content (AvgIpc) is 3.03. The van der Waals surface area contributed by atoms with Gasteiger partial charge in [-0.1, -0.05) is 36.4 Å². The monoisotopic (exact) mass is 753 g/mol. The van der Waals surface area contributed by atoms with Crippen molar-refractivity contribution in [1.82, 2.24) is 19.9 Å².